The van der Waals surface area contributed by atoms with E-state index in [4.69, 9.17) is 4.98 Å². The second-order valence-electron chi connectivity index (χ2n) is 9.10. The van der Waals surface area contributed by atoms with Gasteiger partial charge in [-0.15, -0.1) is 11.3 Å². The lowest BCUT2D eigenvalue weighted by Crippen LogP contribution is -2.51. The largest absolute Gasteiger partial charge is 0.369 e. The highest BCUT2D eigenvalue weighted by Gasteiger charge is 2.35. The standard InChI is InChI=1S/C25H30N4O3S2/c1-19-7-6-8-20(17-19)27-13-15-28(16-14-27)34(31,32)18-24(30)29-12-5-4-10-22(29)25-26-21-9-2-3-11-23(21)33-25/h2-3,6-9,11,17,22H,4-5,10,12-16,18H2,1H3. The van der Waals surface area contributed by atoms with E-state index < -0.39 is 15.8 Å². The van der Waals surface area contributed by atoms with Crippen LogP contribution >= 0.6 is 11.3 Å². The number of hydrogen-bond donors (Lipinski definition) is 0. The van der Waals surface area contributed by atoms with Gasteiger partial charge in [-0.2, -0.15) is 4.31 Å². The lowest BCUT2D eigenvalue weighted by Gasteiger charge is -2.37. The average molecular weight is 499 g/mol. The number of benzene rings is 2. The van der Waals surface area contributed by atoms with Crippen LogP contribution in [0.15, 0.2) is 48.5 Å². The molecule has 0 bridgehead atoms. The quantitative estimate of drug-likeness (QED) is 0.535. The number of aryl methyl sites for hydroxylation is 1. The molecule has 0 radical (unpaired) electrons. The summed E-state index contributed by atoms with van der Waals surface area (Å²) in [6.07, 6.45) is 2.72. The van der Waals surface area contributed by atoms with Gasteiger partial charge in [0.1, 0.15) is 10.8 Å². The van der Waals surface area contributed by atoms with E-state index in [2.05, 4.69) is 30.0 Å². The van der Waals surface area contributed by atoms with E-state index in [9.17, 15) is 13.2 Å². The fourth-order valence-electron chi connectivity index (χ4n) is 4.90. The Morgan fingerprint density at radius 2 is 1.82 bits per heavy atom. The number of carbonyl (C=O) groups is 1. The number of piperazine rings is 1. The lowest BCUT2D eigenvalue weighted by atomic mass is 10.0. The molecule has 2 aliphatic rings. The fourth-order valence-corrected chi connectivity index (χ4v) is 7.39. The summed E-state index contributed by atoms with van der Waals surface area (Å²) in [5, 5.41) is 0.901. The number of sulfonamides is 1. The molecule has 1 aromatic heterocycles. The van der Waals surface area contributed by atoms with E-state index in [0.29, 0.717) is 32.7 Å². The van der Waals surface area contributed by atoms with Crippen molar-refractivity contribution in [3.05, 3.63) is 59.1 Å². The maximum atomic E-state index is 13.3. The van der Waals surface area contributed by atoms with Crippen LogP contribution in [0.4, 0.5) is 5.69 Å². The Kier molecular flexibility index (Phi) is 6.59. The maximum absolute atomic E-state index is 13.3. The minimum Gasteiger partial charge on any atom is -0.369 e. The molecule has 0 aliphatic carbocycles. The molecule has 3 aromatic rings. The van der Waals surface area contributed by atoms with Crippen LogP contribution < -0.4 is 4.90 Å². The van der Waals surface area contributed by atoms with Crippen molar-refractivity contribution in [2.75, 3.05) is 43.4 Å². The first-order chi connectivity index (χ1) is 16.4. The molecule has 1 unspecified atom stereocenters. The molecule has 180 valence electrons. The Bertz CT molecular complexity index is 1250. The van der Waals surface area contributed by atoms with Crippen LogP contribution in [0.3, 0.4) is 0 Å². The van der Waals surface area contributed by atoms with Crippen LogP contribution in [-0.4, -0.2) is 67.0 Å². The molecular weight excluding hydrogens is 468 g/mol. The van der Waals surface area contributed by atoms with Gasteiger partial charge < -0.3 is 9.80 Å². The van der Waals surface area contributed by atoms with Gasteiger partial charge in [-0.05, 0) is 56.0 Å². The van der Waals surface area contributed by atoms with E-state index in [0.717, 1.165) is 40.2 Å². The number of nitrogens with zero attached hydrogens (tertiary/aromatic N) is 4. The van der Waals surface area contributed by atoms with E-state index in [-0.39, 0.29) is 11.9 Å². The molecule has 2 aromatic carbocycles. The van der Waals surface area contributed by atoms with Crippen molar-refractivity contribution in [1.82, 2.24) is 14.2 Å². The van der Waals surface area contributed by atoms with Crippen LogP contribution in [0.1, 0.15) is 35.9 Å². The van der Waals surface area contributed by atoms with Crippen LogP contribution in [0, 0.1) is 6.92 Å². The summed E-state index contributed by atoms with van der Waals surface area (Å²) in [6, 6.07) is 16.1. The van der Waals surface area contributed by atoms with Crippen molar-refractivity contribution < 1.29 is 13.2 Å². The number of carbonyl (C=O) groups excluding carboxylic acids is 1. The Balaban J connectivity index is 1.26. The SMILES string of the molecule is Cc1cccc(N2CCN(S(=O)(=O)CC(=O)N3CCCCC3c3nc4ccccc4s3)CC2)c1. The van der Waals surface area contributed by atoms with E-state index in [1.807, 2.05) is 30.3 Å². The molecule has 0 spiro atoms. The van der Waals surface area contributed by atoms with Crippen LogP contribution in [0.5, 0.6) is 0 Å². The summed E-state index contributed by atoms with van der Waals surface area (Å²) in [5.41, 5.74) is 3.22. The number of fused-ring (bicyclic) bond motifs is 1. The highest BCUT2D eigenvalue weighted by atomic mass is 32.2. The van der Waals surface area contributed by atoms with Gasteiger partial charge in [-0.1, -0.05) is 24.3 Å². The zero-order valence-corrected chi connectivity index (χ0v) is 21.0. The lowest BCUT2D eigenvalue weighted by molar-refractivity contribution is -0.132. The average Bonchev–Trinajstić information content (AvgIpc) is 3.28. The van der Waals surface area contributed by atoms with Crippen LogP contribution in [-0.2, 0) is 14.8 Å². The van der Waals surface area contributed by atoms with Crippen LogP contribution in [0.2, 0.25) is 0 Å². The normalized spacial score (nSPS) is 20.1. The number of para-hydroxylation sites is 1. The summed E-state index contributed by atoms with van der Waals surface area (Å²) < 4.78 is 28.9. The predicted octanol–water partition coefficient (Wildman–Crippen LogP) is 3.81. The predicted molar refractivity (Wildman–Crippen MR) is 137 cm³/mol. The highest BCUT2D eigenvalue weighted by Crippen LogP contribution is 2.36. The second-order valence-corrected chi connectivity index (χ2v) is 12.1. The zero-order valence-electron chi connectivity index (χ0n) is 19.4. The van der Waals surface area contributed by atoms with E-state index >= 15 is 0 Å². The molecule has 9 heteroatoms. The molecule has 0 N–H and O–H groups in total. The number of piperidine rings is 1. The molecule has 2 aliphatic heterocycles. The maximum Gasteiger partial charge on any atom is 0.239 e. The minimum absolute atomic E-state index is 0.146. The molecule has 5 rings (SSSR count). The van der Waals surface area contributed by atoms with Gasteiger partial charge in [0.05, 0.1) is 16.3 Å². The Morgan fingerprint density at radius 1 is 1.03 bits per heavy atom. The summed E-state index contributed by atoms with van der Waals surface area (Å²) in [6.45, 7) is 4.66. The van der Waals surface area contributed by atoms with Gasteiger partial charge >= 0.3 is 0 Å². The molecule has 1 amide bonds. The van der Waals surface area contributed by atoms with Gasteiger partial charge in [-0.3, -0.25) is 4.79 Å². The topological polar surface area (TPSA) is 73.8 Å². The highest BCUT2D eigenvalue weighted by molar-refractivity contribution is 7.89. The summed E-state index contributed by atoms with van der Waals surface area (Å²) >= 11 is 1.60. The molecule has 0 saturated carbocycles. The van der Waals surface area contributed by atoms with Gasteiger partial charge in [0, 0.05) is 38.4 Å². The third kappa shape index (κ3) is 4.82. The smallest absolute Gasteiger partial charge is 0.239 e. The van der Waals surface area contributed by atoms with Crippen molar-refractivity contribution in [3.63, 3.8) is 0 Å². The summed E-state index contributed by atoms with van der Waals surface area (Å²) in [7, 11) is -3.68. The van der Waals surface area contributed by atoms with Gasteiger partial charge in [-0.25, -0.2) is 13.4 Å². The van der Waals surface area contributed by atoms with E-state index in [1.54, 1.807) is 16.2 Å². The van der Waals surface area contributed by atoms with Crippen molar-refractivity contribution >= 4 is 43.2 Å². The molecule has 2 fully saturated rings. The van der Waals surface area contributed by atoms with Crippen molar-refractivity contribution in [3.8, 4) is 0 Å². The van der Waals surface area contributed by atoms with Gasteiger partial charge in [0.15, 0.2) is 0 Å². The second kappa shape index (κ2) is 9.64. The molecule has 7 nitrogen and oxygen atoms in total. The third-order valence-electron chi connectivity index (χ3n) is 6.72. The molecule has 1 atom stereocenters. The monoisotopic (exact) mass is 498 g/mol. The summed E-state index contributed by atoms with van der Waals surface area (Å²) in [5.74, 6) is -0.788. The molecule has 3 heterocycles. The zero-order chi connectivity index (χ0) is 23.7. The van der Waals surface area contributed by atoms with Crippen molar-refractivity contribution in [2.45, 2.75) is 32.2 Å². The van der Waals surface area contributed by atoms with E-state index in [1.165, 1.54) is 9.87 Å². The first kappa shape index (κ1) is 23.3. The molecular formula is C25H30N4O3S2. The Labute approximate surface area is 205 Å². The Morgan fingerprint density at radius 3 is 2.59 bits per heavy atom. The van der Waals surface area contributed by atoms with Crippen LogP contribution in [0.25, 0.3) is 10.2 Å². The number of aromatic nitrogens is 1. The fraction of sp³-hybridized carbons (Fsp3) is 0.440. The number of thiazole rings is 1. The number of rotatable bonds is 5. The molecule has 2 saturated heterocycles. The van der Waals surface area contributed by atoms with Gasteiger partial charge in [0.25, 0.3) is 0 Å². The minimum atomic E-state index is -3.68. The molecule has 34 heavy (non-hydrogen) atoms. The first-order valence-electron chi connectivity index (χ1n) is 11.8. The number of amides is 1. The van der Waals surface area contributed by atoms with Gasteiger partial charge in [0.2, 0.25) is 15.9 Å². The number of likely N-dealkylation sites (tertiary alicyclic amines) is 1. The van der Waals surface area contributed by atoms with Crippen molar-refractivity contribution in [2.24, 2.45) is 0 Å². The third-order valence-corrected chi connectivity index (χ3v) is 9.62. The van der Waals surface area contributed by atoms with Crippen molar-refractivity contribution in [1.29, 1.82) is 0 Å². The Hall–Kier alpha value is -2.49. The number of hydrogen-bond acceptors (Lipinski definition) is 6. The summed E-state index contributed by atoms with van der Waals surface area (Å²) in [4.78, 5) is 22.0. The first-order valence-corrected chi connectivity index (χ1v) is 14.3. The number of anilines is 1.